The molecule has 0 saturated carbocycles. The first-order valence-electron chi connectivity index (χ1n) is 10.5. The highest BCUT2D eigenvalue weighted by atomic mass is 32.2. The zero-order valence-corrected chi connectivity index (χ0v) is 18.1. The van der Waals surface area contributed by atoms with Gasteiger partial charge in [-0.05, 0) is 55.9 Å². The van der Waals surface area contributed by atoms with Crippen LogP contribution in [0.15, 0.2) is 29.2 Å². The van der Waals surface area contributed by atoms with Gasteiger partial charge < -0.3 is 10.2 Å². The Bertz CT molecular complexity index is 836. The van der Waals surface area contributed by atoms with Crippen LogP contribution >= 0.6 is 0 Å². The van der Waals surface area contributed by atoms with Crippen molar-refractivity contribution in [3.8, 4) is 0 Å². The van der Waals surface area contributed by atoms with Crippen LogP contribution in [0.25, 0.3) is 0 Å². The number of hydrogen-bond acceptors (Lipinski definition) is 4. The Morgan fingerprint density at radius 1 is 1.17 bits per heavy atom. The molecule has 3 rings (SSSR count). The summed E-state index contributed by atoms with van der Waals surface area (Å²) in [5, 5.41) is 2.94. The third-order valence-electron chi connectivity index (χ3n) is 5.64. The van der Waals surface area contributed by atoms with Gasteiger partial charge in [-0.2, -0.15) is 4.31 Å². The first-order chi connectivity index (χ1) is 13.8. The number of rotatable bonds is 7. The molecule has 2 aliphatic rings. The van der Waals surface area contributed by atoms with E-state index < -0.39 is 10.0 Å². The summed E-state index contributed by atoms with van der Waals surface area (Å²) in [7, 11) is -3.67. The molecule has 2 amide bonds. The Labute approximate surface area is 173 Å². The van der Waals surface area contributed by atoms with Crippen molar-refractivity contribution in [2.24, 2.45) is 11.8 Å². The van der Waals surface area contributed by atoms with Crippen molar-refractivity contribution in [2.45, 2.75) is 50.8 Å². The number of sulfonamides is 1. The van der Waals surface area contributed by atoms with Crippen molar-refractivity contribution in [2.75, 3.05) is 31.1 Å². The molecular formula is C21H31N3O4S. The highest BCUT2D eigenvalue weighted by molar-refractivity contribution is 7.89. The predicted molar refractivity (Wildman–Crippen MR) is 112 cm³/mol. The Hall–Kier alpha value is -1.93. The fraction of sp³-hybridized carbons (Fsp3) is 0.619. The lowest BCUT2D eigenvalue weighted by Gasteiger charge is -2.31. The predicted octanol–water partition coefficient (Wildman–Crippen LogP) is 2.38. The second-order valence-corrected chi connectivity index (χ2v) is 10.3. The molecule has 0 bridgehead atoms. The monoisotopic (exact) mass is 421 g/mol. The highest BCUT2D eigenvalue weighted by Crippen LogP contribution is 2.27. The minimum Gasteiger partial charge on any atom is -0.356 e. The lowest BCUT2D eigenvalue weighted by atomic mass is 9.98. The molecule has 1 aromatic rings. The summed E-state index contributed by atoms with van der Waals surface area (Å²) in [6.45, 7) is 6.13. The second kappa shape index (κ2) is 9.26. The van der Waals surface area contributed by atoms with E-state index in [1.165, 1.54) is 4.31 Å². The van der Waals surface area contributed by atoms with Gasteiger partial charge in [0.2, 0.25) is 21.8 Å². The third-order valence-corrected chi connectivity index (χ3v) is 7.51. The summed E-state index contributed by atoms with van der Waals surface area (Å²) < 4.78 is 27.6. The molecule has 0 unspecified atom stereocenters. The first-order valence-corrected chi connectivity index (χ1v) is 11.9. The number of nitrogens with zero attached hydrogens (tertiary/aromatic N) is 2. The Morgan fingerprint density at radius 2 is 1.90 bits per heavy atom. The number of amides is 2. The van der Waals surface area contributed by atoms with E-state index in [2.05, 4.69) is 19.2 Å². The zero-order chi connectivity index (χ0) is 21.0. The molecule has 29 heavy (non-hydrogen) atoms. The standard InChI is InChI=1S/C21H31N3O4S/c1-16(2)11-12-22-21(26)17-5-3-13-23(15-17)29(27,28)19-9-7-18(8-10-19)24-14-4-6-20(24)25/h7-10,16-17H,3-6,11-15H2,1-2H3,(H,22,26)/t17-/m0/s1. The van der Waals surface area contributed by atoms with E-state index in [4.69, 9.17) is 0 Å². The number of nitrogens with one attached hydrogen (secondary N) is 1. The van der Waals surface area contributed by atoms with Gasteiger partial charge in [0.05, 0.1) is 10.8 Å². The van der Waals surface area contributed by atoms with Crippen molar-refractivity contribution in [3.05, 3.63) is 24.3 Å². The molecule has 2 fully saturated rings. The lowest BCUT2D eigenvalue weighted by molar-refractivity contribution is -0.126. The van der Waals surface area contributed by atoms with Gasteiger partial charge in [0, 0.05) is 38.3 Å². The topological polar surface area (TPSA) is 86.8 Å². The highest BCUT2D eigenvalue weighted by Gasteiger charge is 2.33. The van der Waals surface area contributed by atoms with E-state index in [1.807, 2.05) is 0 Å². The Kier molecular flexibility index (Phi) is 6.95. The molecule has 8 heteroatoms. The van der Waals surface area contributed by atoms with Gasteiger partial charge in [-0.1, -0.05) is 13.8 Å². The van der Waals surface area contributed by atoms with Crippen molar-refractivity contribution >= 4 is 27.5 Å². The van der Waals surface area contributed by atoms with Crippen molar-refractivity contribution in [1.29, 1.82) is 0 Å². The van der Waals surface area contributed by atoms with Gasteiger partial charge in [-0.3, -0.25) is 9.59 Å². The van der Waals surface area contributed by atoms with Gasteiger partial charge in [0.1, 0.15) is 0 Å². The van der Waals surface area contributed by atoms with Crippen LogP contribution in [0.3, 0.4) is 0 Å². The number of carbonyl (C=O) groups is 2. The lowest BCUT2D eigenvalue weighted by Crippen LogP contribution is -2.45. The molecule has 7 nitrogen and oxygen atoms in total. The van der Waals surface area contributed by atoms with Gasteiger partial charge in [0.15, 0.2) is 0 Å². The maximum atomic E-state index is 13.1. The van der Waals surface area contributed by atoms with Gasteiger partial charge in [0.25, 0.3) is 0 Å². The summed E-state index contributed by atoms with van der Waals surface area (Å²) in [4.78, 5) is 26.2. The summed E-state index contributed by atoms with van der Waals surface area (Å²) in [6.07, 6.45) is 3.64. The summed E-state index contributed by atoms with van der Waals surface area (Å²) in [5.41, 5.74) is 0.729. The molecule has 2 aliphatic heterocycles. The van der Waals surface area contributed by atoms with Crippen molar-refractivity contribution < 1.29 is 18.0 Å². The number of benzene rings is 1. The SMILES string of the molecule is CC(C)CCNC(=O)[C@H]1CCCN(S(=O)(=O)c2ccc(N3CCCC3=O)cc2)C1. The molecule has 0 radical (unpaired) electrons. The third kappa shape index (κ3) is 5.17. The van der Waals surface area contributed by atoms with E-state index in [-0.39, 0.29) is 29.2 Å². The number of carbonyl (C=O) groups excluding carboxylic acids is 2. The fourth-order valence-corrected chi connectivity index (χ4v) is 5.40. The van der Waals surface area contributed by atoms with Crippen LogP contribution in [0.1, 0.15) is 46.0 Å². The molecule has 1 atom stereocenters. The number of anilines is 1. The van der Waals surface area contributed by atoms with Crippen LogP contribution in [0.5, 0.6) is 0 Å². The largest absolute Gasteiger partial charge is 0.356 e. The van der Waals surface area contributed by atoms with Gasteiger partial charge in [-0.25, -0.2) is 8.42 Å². The second-order valence-electron chi connectivity index (χ2n) is 8.32. The molecule has 160 valence electrons. The quantitative estimate of drug-likeness (QED) is 0.732. The van der Waals surface area contributed by atoms with Crippen molar-refractivity contribution in [3.63, 3.8) is 0 Å². The number of piperidine rings is 1. The minimum atomic E-state index is -3.67. The van der Waals surface area contributed by atoms with Crippen LogP contribution < -0.4 is 10.2 Å². The molecule has 2 saturated heterocycles. The molecule has 0 aromatic heterocycles. The molecule has 1 aromatic carbocycles. The minimum absolute atomic E-state index is 0.0616. The maximum Gasteiger partial charge on any atom is 0.243 e. The fourth-order valence-electron chi connectivity index (χ4n) is 3.87. The van der Waals surface area contributed by atoms with E-state index >= 15 is 0 Å². The van der Waals surface area contributed by atoms with Crippen molar-refractivity contribution in [1.82, 2.24) is 9.62 Å². The van der Waals surface area contributed by atoms with E-state index in [0.29, 0.717) is 44.8 Å². The molecule has 0 spiro atoms. The van der Waals surface area contributed by atoms with Gasteiger partial charge >= 0.3 is 0 Å². The molecule has 2 heterocycles. The van der Waals surface area contributed by atoms with Crippen LogP contribution in [0.2, 0.25) is 0 Å². The van der Waals surface area contributed by atoms with Gasteiger partial charge in [-0.15, -0.1) is 0 Å². The molecular weight excluding hydrogens is 390 g/mol. The summed E-state index contributed by atoms with van der Waals surface area (Å²) >= 11 is 0. The zero-order valence-electron chi connectivity index (χ0n) is 17.3. The number of hydrogen-bond donors (Lipinski definition) is 1. The van der Waals surface area contributed by atoms with E-state index in [1.54, 1.807) is 29.2 Å². The van der Waals surface area contributed by atoms with E-state index in [0.717, 1.165) is 18.5 Å². The Balaban J connectivity index is 1.65. The smallest absolute Gasteiger partial charge is 0.243 e. The summed E-state index contributed by atoms with van der Waals surface area (Å²) in [5.74, 6) is 0.209. The van der Waals surface area contributed by atoms with Crippen LogP contribution in [0, 0.1) is 11.8 Å². The summed E-state index contributed by atoms with van der Waals surface area (Å²) in [6, 6.07) is 6.50. The molecule has 1 N–H and O–H groups in total. The Morgan fingerprint density at radius 3 is 2.52 bits per heavy atom. The van der Waals surface area contributed by atoms with Crippen LogP contribution in [0.4, 0.5) is 5.69 Å². The average Bonchev–Trinajstić information content (AvgIpc) is 3.13. The maximum absolute atomic E-state index is 13.1. The first kappa shape index (κ1) is 21.8. The molecule has 0 aliphatic carbocycles. The van der Waals surface area contributed by atoms with E-state index in [9.17, 15) is 18.0 Å². The average molecular weight is 422 g/mol. The van der Waals surface area contributed by atoms with Crippen LogP contribution in [-0.4, -0.2) is 50.7 Å². The normalized spacial score (nSPS) is 21.0. The van der Waals surface area contributed by atoms with Crippen LogP contribution in [-0.2, 0) is 19.6 Å².